The highest BCUT2D eigenvalue weighted by atomic mass is 79.9. The Kier molecular flexibility index (Phi) is 6.75. The molecule has 10 heteroatoms. The first-order chi connectivity index (χ1) is 15.9. The predicted molar refractivity (Wildman–Crippen MR) is 131 cm³/mol. The highest BCUT2D eigenvalue weighted by Crippen LogP contribution is 2.42. The molecule has 1 heterocycles. The molecule has 0 saturated carbocycles. The fourth-order valence-corrected chi connectivity index (χ4v) is 4.03. The number of halogens is 3. The minimum absolute atomic E-state index is 0.191. The van der Waals surface area contributed by atoms with Crippen molar-refractivity contribution < 1.29 is 13.9 Å². The van der Waals surface area contributed by atoms with Gasteiger partial charge in [-0.2, -0.15) is 5.10 Å². The van der Waals surface area contributed by atoms with Crippen LogP contribution in [0.1, 0.15) is 11.1 Å². The summed E-state index contributed by atoms with van der Waals surface area (Å²) < 4.78 is 26.3. The number of hydrogen-bond donors (Lipinski definition) is 1. The molecule has 33 heavy (non-hydrogen) atoms. The van der Waals surface area contributed by atoms with Gasteiger partial charge >= 0.3 is 5.69 Å². The van der Waals surface area contributed by atoms with Crippen LogP contribution in [0, 0.1) is 5.82 Å². The zero-order chi connectivity index (χ0) is 23.5. The number of ether oxygens (including phenoxy) is 2. The van der Waals surface area contributed by atoms with Crippen LogP contribution in [0.3, 0.4) is 0 Å². The summed E-state index contributed by atoms with van der Waals surface area (Å²) >= 11 is 6.97. The van der Waals surface area contributed by atoms with E-state index < -0.39 is 11.2 Å². The molecule has 7 nitrogen and oxygen atoms in total. The minimum atomic E-state index is -0.656. The Morgan fingerprint density at radius 1 is 1.09 bits per heavy atom. The van der Waals surface area contributed by atoms with Gasteiger partial charge in [0.15, 0.2) is 11.5 Å². The minimum Gasteiger partial charge on any atom is -0.493 e. The van der Waals surface area contributed by atoms with Crippen LogP contribution in [-0.4, -0.2) is 23.0 Å². The first kappa shape index (κ1) is 22.9. The van der Waals surface area contributed by atoms with Gasteiger partial charge in [-0.05, 0) is 67.8 Å². The molecule has 168 valence electrons. The summed E-state index contributed by atoms with van der Waals surface area (Å²) in [4.78, 5) is 27.7. The summed E-state index contributed by atoms with van der Waals surface area (Å²) in [7, 11) is 1.49. The topological polar surface area (TPSA) is 85.7 Å². The maximum Gasteiger partial charge on any atom is 0.349 e. The summed E-state index contributed by atoms with van der Waals surface area (Å²) in [5, 5.41) is 4.43. The monoisotopic (exact) mass is 575 g/mol. The molecular formula is C23H16Br2FN3O4. The quantitative estimate of drug-likeness (QED) is 0.333. The van der Waals surface area contributed by atoms with E-state index in [0.717, 1.165) is 10.2 Å². The molecule has 0 aliphatic carbocycles. The molecule has 0 atom stereocenters. The lowest BCUT2D eigenvalue weighted by atomic mass is 10.2. The number of hydrogen-bond acceptors (Lipinski definition) is 5. The van der Waals surface area contributed by atoms with Crippen molar-refractivity contribution >= 4 is 49.0 Å². The second kappa shape index (κ2) is 9.72. The standard InChI is InChI=1S/C23H16Br2FN3O4/c1-32-18-10-14(11-27-29-22(30)16-4-2-3-5-17(16)28-23(29)31)19(24)20(25)21(18)33-12-13-6-8-15(26)9-7-13/h2-11H,12H2,1H3,(H,28,31). The zero-order valence-electron chi connectivity index (χ0n) is 17.1. The van der Waals surface area contributed by atoms with Crippen LogP contribution in [0.15, 0.2) is 78.2 Å². The first-order valence-corrected chi connectivity index (χ1v) is 11.2. The number of fused-ring (bicyclic) bond motifs is 1. The molecular weight excluding hydrogens is 561 g/mol. The van der Waals surface area contributed by atoms with Crippen molar-refractivity contribution in [3.63, 3.8) is 0 Å². The molecule has 3 aromatic carbocycles. The van der Waals surface area contributed by atoms with Gasteiger partial charge in [-0.15, -0.1) is 4.68 Å². The third kappa shape index (κ3) is 4.76. The Labute approximate surface area is 203 Å². The van der Waals surface area contributed by atoms with E-state index in [1.165, 1.54) is 25.5 Å². The fourth-order valence-electron chi connectivity index (χ4n) is 3.10. The third-order valence-corrected chi connectivity index (χ3v) is 6.91. The van der Waals surface area contributed by atoms with E-state index in [-0.39, 0.29) is 12.4 Å². The van der Waals surface area contributed by atoms with Crippen LogP contribution in [0.5, 0.6) is 11.5 Å². The number of methoxy groups -OCH3 is 1. The van der Waals surface area contributed by atoms with Gasteiger partial charge in [0.05, 0.1) is 28.7 Å². The van der Waals surface area contributed by atoms with E-state index in [1.807, 2.05) is 0 Å². The lowest BCUT2D eigenvalue weighted by Crippen LogP contribution is -2.32. The number of rotatable bonds is 6. The second-order valence-corrected chi connectivity index (χ2v) is 8.46. The van der Waals surface area contributed by atoms with Crippen LogP contribution >= 0.6 is 31.9 Å². The molecule has 0 aliphatic heterocycles. The number of aromatic nitrogens is 2. The molecule has 0 amide bonds. The smallest absolute Gasteiger partial charge is 0.349 e. The molecule has 0 fully saturated rings. The van der Waals surface area contributed by atoms with Gasteiger partial charge < -0.3 is 14.5 Å². The Morgan fingerprint density at radius 2 is 1.82 bits per heavy atom. The molecule has 1 aromatic heterocycles. The van der Waals surface area contributed by atoms with E-state index >= 15 is 0 Å². The van der Waals surface area contributed by atoms with Crippen LogP contribution in [-0.2, 0) is 6.61 Å². The number of benzene rings is 3. The summed E-state index contributed by atoms with van der Waals surface area (Å²) in [6, 6.07) is 14.3. The molecule has 0 bridgehead atoms. The Hall–Kier alpha value is -3.24. The first-order valence-electron chi connectivity index (χ1n) is 9.60. The predicted octanol–water partition coefficient (Wildman–Crippen LogP) is 4.82. The lowest BCUT2D eigenvalue weighted by Gasteiger charge is -2.15. The van der Waals surface area contributed by atoms with Crippen LogP contribution < -0.4 is 20.7 Å². The Balaban J connectivity index is 1.68. The van der Waals surface area contributed by atoms with Gasteiger partial charge in [0.25, 0.3) is 5.56 Å². The second-order valence-electron chi connectivity index (χ2n) is 6.88. The highest BCUT2D eigenvalue weighted by molar-refractivity contribution is 9.13. The third-order valence-electron chi connectivity index (χ3n) is 4.77. The largest absolute Gasteiger partial charge is 0.493 e. The van der Waals surface area contributed by atoms with Gasteiger partial charge in [0.2, 0.25) is 0 Å². The summed E-state index contributed by atoms with van der Waals surface area (Å²) in [5.74, 6) is 0.494. The van der Waals surface area contributed by atoms with Crippen molar-refractivity contribution in [2.75, 3.05) is 7.11 Å². The van der Waals surface area contributed by atoms with E-state index in [9.17, 15) is 14.0 Å². The van der Waals surface area contributed by atoms with E-state index in [4.69, 9.17) is 9.47 Å². The van der Waals surface area contributed by atoms with Crippen molar-refractivity contribution in [3.8, 4) is 11.5 Å². The van der Waals surface area contributed by atoms with Crippen LogP contribution in [0.25, 0.3) is 10.9 Å². The fraction of sp³-hybridized carbons (Fsp3) is 0.0870. The van der Waals surface area contributed by atoms with Crippen molar-refractivity contribution in [1.82, 2.24) is 9.66 Å². The van der Waals surface area contributed by atoms with Crippen LogP contribution in [0.4, 0.5) is 4.39 Å². The van der Waals surface area contributed by atoms with E-state index in [2.05, 4.69) is 41.9 Å². The summed E-state index contributed by atoms with van der Waals surface area (Å²) in [5.41, 5.74) is 0.560. The maximum atomic E-state index is 13.1. The average molecular weight is 577 g/mol. The Bertz CT molecular complexity index is 1480. The average Bonchev–Trinajstić information content (AvgIpc) is 2.81. The molecule has 4 aromatic rings. The summed E-state index contributed by atoms with van der Waals surface area (Å²) in [6.45, 7) is 0.191. The molecule has 0 aliphatic rings. The molecule has 4 rings (SSSR count). The number of aromatic amines is 1. The lowest BCUT2D eigenvalue weighted by molar-refractivity contribution is 0.282. The highest BCUT2D eigenvalue weighted by Gasteiger charge is 2.17. The normalized spacial score (nSPS) is 11.3. The van der Waals surface area contributed by atoms with Crippen molar-refractivity contribution in [2.24, 2.45) is 5.10 Å². The van der Waals surface area contributed by atoms with Gasteiger partial charge in [-0.25, -0.2) is 9.18 Å². The molecule has 0 spiro atoms. The van der Waals surface area contributed by atoms with E-state index in [1.54, 1.807) is 42.5 Å². The van der Waals surface area contributed by atoms with Crippen LogP contribution in [0.2, 0.25) is 0 Å². The number of H-pyrrole nitrogens is 1. The summed E-state index contributed by atoms with van der Waals surface area (Å²) in [6.07, 6.45) is 1.37. The Morgan fingerprint density at radius 3 is 2.55 bits per heavy atom. The molecule has 0 unspecified atom stereocenters. The van der Waals surface area contributed by atoms with Crippen molar-refractivity contribution in [1.29, 1.82) is 0 Å². The maximum absolute atomic E-state index is 13.1. The van der Waals surface area contributed by atoms with Crippen molar-refractivity contribution in [3.05, 3.63) is 101 Å². The van der Waals surface area contributed by atoms with E-state index in [0.29, 0.717) is 36.9 Å². The van der Waals surface area contributed by atoms with Gasteiger partial charge in [-0.1, -0.05) is 24.3 Å². The van der Waals surface area contributed by atoms with Gasteiger partial charge in [-0.3, -0.25) is 4.79 Å². The molecule has 1 N–H and O–H groups in total. The van der Waals surface area contributed by atoms with Gasteiger partial charge in [0, 0.05) is 10.0 Å². The number of nitrogens with zero attached hydrogens (tertiary/aromatic N) is 2. The molecule has 0 radical (unpaired) electrons. The van der Waals surface area contributed by atoms with Gasteiger partial charge in [0.1, 0.15) is 12.4 Å². The number of para-hydroxylation sites is 1. The molecule has 0 saturated heterocycles. The number of nitrogens with one attached hydrogen (secondary N) is 1. The van der Waals surface area contributed by atoms with Crippen molar-refractivity contribution in [2.45, 2.75) is 6.61 Å². The SMILES string of the molecule is COc1cc(C=Nn2c(=O)[nH]c3ccccc3c2=O)c(Br)c(Br)c1OCc1ccc(F)cc1. The zero-order valence-corrected chi connectivity index (χ0v) is 20.3.